The lowest BCUT2D eigenvalue weighted by molar-refractivity contribution is -0.141. The van der Waals surface area contributed by atoms with Gasteiger partial charge in [-0.25, -0.2) is 13.8 Å². The minimum absolute atomic E-state index is 0.0521. The van der Waals surface area contributed by atoms with E-state index >= 15 is 8.78 Å². The summed E-state index contributed by atoms with van der Waals surface area (Å²) in [7, 11) is 1.00. The molecule has 6 heterocycles. The van der Waals surface area contributed by atoms with Crippen molar-refractivity contribution in [2.24, 2.45) is 26.8 Å². The van der Waals surface area contributed by atoms with Crippen LogP contribution in [0, 0.1) is 30.0 Å². The fourth-order valence-corrected chi connectivity index (χ4v) is 12.4. The molecule has 0 saturated carbocycles. The maximum atomic E-state index is 17.3. The number of phenolic OH excluding ortho intramolecular Hbond substituents is 1. The van der Waals surface area contributed by atoms with Gasteiger partial charge in [0.05, 0.1) is 30.3 Å². The number of allylic oxidation sites excluding steroid dienone is 2. The van der Waals surface area contributed by atoms with Crippen molar-refractivity contribution >= 4 is 70.1 Å². The lowest BCUT2D eigenvalue weighted by Crippen LogP contribution is -2.50. The summed E-state index contributed by atoms with van der Waals surface area (Å²) in [5.41, 5.74) is 2.93. The van der Waals surface area contributed by atoms with Gasteiger partial charge < -0.3 is 44.8 Å². The molecular formula is C61H67Cl2F2N9O6. The fraction of sp³-hybridized carbons (Fsp3) is 0.410. The van der Waals surface area contributed by atoms with Crippen molar-refractivity contribution < 1.29 is 37.8 Å². The fourth-order valence-electron chi connectivity index (χ4n) is 11.8. The molecule has 5 atom stereocenters. The van der Waals surface area contributed by atoms with Gasteiger partial charge in [0.1, 0.15) is 40.8 Å². The van der Waals surface area contributed by atoms with Gasteiger partial charge in [-0.2, -0.15) is 0 Å². The smallest absolute Gasteiger partial charge is 0.254 e. The normalized spacial score (nSPS) is 21.4. The number of rotatable bonds is 16. The molecule has 5 aromatic rings. The number of amides is 2. The Morgan fingerprint density at radius 1 is 0.975 bits per heavy atom. The molecule has 0 radical (unpaired) electrons. The van der Waals surface area contributed by atoms with E-state index in [1.165, 1.54) is 30.5 Å². The second kappa shape index (κ2) is 25.7. The quantitative estimate of drug-likeness (QED) is 0.0549. The van der Waals surface area contributed by atoms with E-state index in [0.29, 0.717) is 84.1 Å². The van der Waals surface area contributed by atoms with E-state index in [2.05, 4.69) is 48.2 Å². The number of aliphatic hydroxyl groups excluding tert-OH is 1. The summed E-state index contributed by atoms with van der Waals surface area (Å²) < 4.78 is 44.4. The van der Waals surface area contributed by atoms with Gasteiger partial charge >= 0.3 is 0 Å². The average molecular weight is 1130 g/mol. The zero-order valence-corrected chi connectivity index (χ0v) is 46.9. The van der Waals surface area contributed by atoms with Crippen LogP contribution in [-0.2, 0) is 9.59 Å². The van der Waals surface area contributed by atoms with Crippen LogP contribution >= 0.6 is 23.2 Å². The Kier molecular flexibility index (Phi) is 18.5. The van der Waals surface area contributed by atoms with Crippen LogP contribution in [0.4, 0.5) is 8.78 Å². The predicted molar refractivity (Wildman–Crippen MR) is 310 cm³/mol. The highest BCUT2D eigenvalue weighted by Crippen LogP contribution is 2.40. The third-order valence-electron chi connectivity index (χ3n) is 15.8. The molecule has 0 aliphatic carbocycles. The van der Waals surface area contributed by atoms with Gasteiger partial charge in [-0.05, 0) is 129 Å². The first-order valence-electron chi connectivity index (χ1n) is 27.2. The molecular weight excluding hydrogens is 1060 g/mol. The highest BCUT2D eigenvalue weighted by molar-refractivity contribution is 6.39. The highest BCUT2D eigenvalue weighted by Gasteiger charge is 2.41. The number of aromatic nitrogens is 1. The number of ether oxygens (including phenoxy) is 1. The number of terminal acetylenes is 1. The van der Waals surface area contributed by atoms with Crippen LogP contribution in [0.2, 0.25) is 10.0 Å². The largest absolute Gasteiger partial charge is 0.508 e. The highest BCUT2D eigenvalue weighted by atomic mass is 35.5. The summed E-state index contributed by atoms with van der Waals surface area (Å²) in [5.74, 6) is 1.03. The third-order valence-corrected chi connectivity index (χ3v) is 16.4. The summed E-state index contributed by atoms with van der Waals surface area (Å²) in [6.45, 7) is 14.2. The maximum absolute atomic E-state index is 17.3. The first-order chi connectivity index (χ1) is 38.7. The molecule has 15 nitrogen and oxygen atoms in total. The monoisotopic (exact) mass is 1130 g/mol. The van der Waals surface area contributed by atoms with Gasteiger partial charge in [0, 0.05) is 84.2 Å². The standard InChI is InChI=1S/C60H63Cl2F2N9O5.CH4O/c1-6-43-48(63)19-16-39-27-42(74)28-44(53(39)43)56-55(64)57(45(30-67-56)58(65-5)72-31-40-17-18-41(32-72)69-40)66-22-26-71-24-20-36(21-25-71)33-77-51-29-50(78-70-51)52(34(2)3)60(76)73-23-8-11-49(73)59(75)68-35(4)37-12-14-38(15-13-37)54-46(61)9-7-10-47(54)62;1-2/h1,7,9-10,12-16,19,27-30,34-36,40-41,49,52,69,74H,5,8,11,17-18,20-26,31-33H2,2-4H3,(H,68,75);2H,1H3/b58-45+,66-57?;. The van der Waals surface area contributed by atoms with Crippen molar-refractivity contribution in [3.63, 3.8) is 0 Å². The second-order valence-corrected chi connectivity index (χ2v) is 22.1. The van der Waals surface area contributed by atoms with Crippen molar-refractivity contribution in [3.8, 4) is 35.1 Å². The molecule has 2 bridgehead atoms. The van der Waals surface area contributed by atoms with E-state index in [4.69, 9.17) is 49.0 Å². The van der Waals surface area contributed by atoms with Crippen molar-refractivity contribution in [2.75, 3.05) is 59.5 Å². The maximum Gasteiger partial charge on any atom is 0.254 e. The van der Waals surface area contributed by atoms with Crippen molar-refractivity contribution in [3.05, 3.63) is 128 Å². The number of aromatic hydroxyl groups is 1. The Hall–Kier alpha value is -6.94. The second-order valence-electron chi connectivity index (χ2n) is 21.3. The lowest BCUT2D eigenvalue weighted by Gasteiger charge is -2.35. The van der Waals surface area contributed by atoms with E-state index < -0.39 is 23.6 Å². The molecule has 0 spiro atoms. The first-order valence-corrected chi connectivity index (χ1v) is 28.0. The molecule has 4 fully saturated rings. The number of hydrogen-bond acceptors (Lipinski definition) is 13. The van der Waals surface area contributed by atoms with Crippen molar-refractivity contribution in [2.45, 2.75) is 89.4 Å². The van der Waals surface area contributed by atoms with Crippen molar-refractivity contribution in [1.82, 2.24) is 30.5 Å². The van der Waals surface area contributed by atoms with Crippen LogP contribution in [0.25, 0.3) is 27.6 Å². The minimum Gasteiger partial charge on any atom is -0.508 e. The number of nitrogens with one attached hydrogen (secondary N) is 2. The average Bonchev–Trinajstić information content (AvgIpc) is 4.27. The van der Waals surface area contributed by atoms with Crippen LogP contribution in [0.3, 0.4) is 0 Å². The number of aliphatic imine (C=N–C) groups is 3. The zero-order valence-electron chi connectivity index (χ0n) is 45.4. The van der Waals surface area contributed by atoms with Gasteiger partial charge in [-0.15, -0.1) is 6.42 Å². The Balaban J connectivity index is 0.00000383. The molecule has 80 heavy (non-hydrogen) atoms. The van der Waals surface area contributed by atoms with E-state index in [-0.39, 0.29) is 82.0 Å². The molecule has 10 rings (SSSR count). The van der Waals surface area contributed by atoms with Crippen LogP contribution in [0.15, 0.2) is 110 Å². The molecule has 4 aromatic carbocycles. The molecule has 5 aliphatic heterocycles. The Bertz CT molecular complexity index is 3260. The van der Waals surface area contributed by atoms with Crippen LogP contribution in [-0.4, -0.2) is 138 Å². The number of hydrogen-bond donors (Lipinski definition) is 4. The van der Waals surface area contributed by atoms with Crippen molar-refractivity contribution in [1.29, 1.82) is 0 Å². The molecule has 19 heteroatoms. The Labute approximate surface area is 475 Å². The number of nitrogens with zero attached hydrogens (tertiary/aromatic N) is 7. The van der Waals surface area contributed by atoms with E-state index in [1.807, 2.05) is 45.0 Å². The molecule has 4 saturated heterocycles. The topological polar surface area (TPSA) is 181 Å². The number of likely N-dealkylation sites (tertiary alicyclic amines) is 3. The number of fused-ring (bicyclic) bond motifs is 3. The van der Waals surface area contributed by atoms with Gasteiger partial charge in [0.15, 0.2) is 11.6 Å². The van der Waals surface area contributed by atoms with Crippen LogP contribution in [0.5, 0.6) is 11.6 Å². The number of phenols is 1. The van der Waals surface area contributed by atoms with E-state index in [1.54, 1.807) is 29.2 Å². The summed E-state index contributed by atoms with van der Waals surface area (Å²) >= 11 is 12.9. The van der Waals surface area contributed by atoms with Gasteiger partial charge in [-0.3, -0.25) is 19.6 Å². The molecule has 420 valence electrons. The lowest BCUT2D eigenvalue weighted by atomic mass is 9.91. The van der Waals surface area contributed by atoms with Crippen LogP contribution in [0.1, 0.15) is 93.7 Å². The predicted octanol–water partition coefficient (Wildman–Crippen LogP) is 10.1. The van der Waals surface area contributed by atoms with Crippen LogP contribution < -0.4 is 15.4 Å². The van der Waals surface area contributed by atoms with Gasteiger partial charge in [0.25, 0.3) is 5.88 Å². The van der Waals surface area contributed by atoms with E-state index in [0.717, 1.165) is 62.6 Å². The Morgan fingerprint density at radius 3 is 2.36 bits per heavy atom. The molecule has 4 N–H and O–H groups in total. The third kappa shape index (κ3) is 12.3. The number of piperidine rings is 1. The summed E-state index contributed by atoms with van der Waals surface area (Å²) in [5, 5.41) is 30.5. The molecule has 1 aromatic heterocycles. The number of benzene rings is 4. The number of piperazine rings is 1. The number of aliphatic hydroxyl groups is 1. The summed E-state index contributed by atoms with van der Waals surface area (Å²) in [4.78, 5) is 48.1. The number of halogens is 4. The molecule has 5 aliphatic rings. The Morgan fingerprint density at radius 2 is 1.69 bits per heavy atom. The summed E-state index contributed by atoms with van der Waals surface area (Å²) in [6, 6.07) is 19.9. The SMILES string of the molecule is C#Cc1c(F)ccc2cc(O)cc(C3=C(F)C(=NCCN4CCC(COc5cc(C(C(=O)N6CCCC6C(=O)NC(C)c6ccc(-c7c(Cl)cccc7Cl)cc6)C(C)C)on5)CC4)/C(=C(\N=C)N4CC5CCC(C4)N5)C=N3)c12.CO. The number of carbonyl (C=O) groups is 2. The first kappa shape index (κ1) is 57.7. The summed E-state index contributed by atoms with van der Waals surface area (Å²) in [6.07, 6.45) is 12.3. The minimum atomic E-state index is -0.740. The van der Waals surface area contributed by atoms with Gasteiger partial charge in [-0.1, -0.05) is 79.4 Å². The van der Waals surface area contributed by atoms with E-state index in [9.17, 15) is 14.7 Å². The molecule has 5 unspecified atom stereocenters. The molecule has 2 amide bonds. The zero-order chi connectivity index (χ0) is 56.8. The van der Waals surface area contributed by atoms with Gasteiger partial charge in [0.2, 0.25) is 11.8 Å². The number of carbonyl (C=O) groups excluding carboxylic acids is 2.